The van der Waals surface area contributed by atoms with Crippen molar-refractivity contribution in [2.75, 3.05) is 19.6 Å². The molecule has 1 atom stereocenters. The summed E-state index contributed by atoms with van der Waals surface area (Å²) in [5.74, 6) is 0.772. The lowest BCUT2D eigenvalue weighted by Crippen LogP contribution is -2.40. The number of benzene rings is 1. The number of nitrogens with zero attached hydrogens (tertiary/aromatic N) is 1. The number of amides is 1. The third kappa shape index (κ3) is 4.24. The van der Waals surface area contributed by atoms with E-state index < -0.39 is 6.10 Å². The summed E-state index contributed by atoms with van der Waals surface area (Å²) in [7, 11) is 0. The van der Waals surface area contributed by atoms with Gasteiger partial charge in [-0.2, -0.15) is 0 Å². The number of para-hydroxylation sites is 1. The van der Waals surface area contributed by atoms with Crippen molar-refractivity contribution >= 4 is 5.91 Å². The van der Waals surface area contributed by atoms with Gasteiger partial charge in [0.05, 0.1) is 0 Å². The Kier molecular flexibility index (Phi) is 6.36. The molecule has 1 amide bonds. The van der Waals surface area contributed by atoms with Gasteiger partial charge >= 0.3 is 0 Å². The maximum atomic E-state index is 12.2. The highest BCUT2D eigenvalue weighted by atomic mass is 16.5. The summed E-state index contributed by atoms with van der Waals surface area (Å²) in [5, 5.41) is 0. The first-order chi connectivity index (χ1) is 9.13. The third-order valence-corrected chi connectivity index (χ3v) is 3.11. The number of likely N-dealkylation sites (N-methyl/N-ethyl adjacent to an activating group) is 1. The van der Waals surface area contributed by atoms with Gasteiger partial charge in [0.25, 0.3) is 5.91 Å². The van der Waals surface area contributed by atoms with E-state index in [4.69, 9.17) is 10.5 Å². The van der Waals surface area contributed by atoms with Crippen molar-refractivity contribution in [2.24, 2.45) is 5.73 Å². The molecular formula is C15H24N2O2. The summed E-state index contributed by atoms with van der Waals surface area (Å²) >= 11 is 0. The molecule has 4 nitrogen and oxygen atoms in total. The van der Waals surface area contributed by atoms with Crippen molar-refractivity contribution in [2.45, 2.75) is 33.3 Å². The Hall–Kier alpha value is -1.55. The first-order valence-corrected chi connectivity index (χ1v) is 6.87. The molecule has 0 aliphatic rings. The molecule has 0 heterocycles. The molecule has 0 saturated heterocycles. The zero-order chi connectivity index (χ0) is 14.3. The van der Waals surface area contributed by atoms with Crippen LogP contribution in [0.5, 0.6) is 5.75 Å². The van der Waals surface area contributed by atoms with Gasteiger partial charge in [0.2, 0.25) is 0 Å². The second-order valence-electron chi connectivity index (χ2n) is 4.42. The van der Waals surface area contributed by atoms with E-state index in [0.717, 1.165) is 17.7 Å². The highest BCUT2D eigenvalue weighted by Gasteiger charge is 2.20. The summed E-state index contributed by atoms with van der Waals surface area (Å²) < 4.78 is 5.80. The van der Waals surface area contributed by atoms with Crippen LogP contribution in [0.25, 0.3) is 0 Å². The largest absolute Gasteiger partial charge is 0.481 e. The van der Waals surface area contributed by atoms with E-state index in [1.807, 2.05) is 38.1 Å². The molecule has 0 aromatic heterocycles. The SMILES string of the molecule is CCN(CC)C(=O)C(C)Oc1ccccc1CCN. The lowest BCUT2D eigenvalue weighted by Gasteiger charge is -2.24. The molecule has 0 fully saturated rings. The van der Waals surface area contributed by atoms with Crippen LogP contribution in [-0.2, 0) is 11.2 Å². The van der Waals surface area contributed by atoms with Crippen LogP contribution in [0.2, 0.25) is 0 Å². The number of carbonyl (C=O) groups is 1. The van der Waals surface area contributed by atoms with Gasteiger partial charge in [-0.25, -0.2) is 0 Å². The Morgan fingerprint density at radius 1 is 1.32 bits per heavy atom. The molecule has 106 valence electrons. The van der Waals surface area contributed by atoms with Gasteiger partial charge in [0.15, 0.2) is 6.10 Å². The summed E-state index contributed by atoms with van der Waals surface area (Å²) in [6.45, 7) is 7.70. The van der Waals surface area contributed by atoms with Gasteiger partial charge in [-0.05, 0) is 45.4 Å². The molecule has 1 unspecified atom stereocenters. The fourth-order valence-corrected chi connectivity index (χ4v) is 2.01. The van der Waals surface area contributed by atoms with E-state index in [9.17, 15) is 4.79 Å². The standard InChI is InChI=1S/C15H24N2O2/c1-4-17(5-2)15(18)12(3)19-14-9-7-6-8-13(14)10-11-16/h6-9,12H,4-5,10-11,16H2,1-3H3. The molecule has 0 saturated carbocycles. The zero-order valence-corrected chi connectivity index (χ0v) is 12.1. The predicted molar refractivity (Wildman–Crippen MR) is 77.2 cm³/mol. The average molecular weight is 264 g/mol. The van der Waals surface area contributed by atoms with Gasteiger partial charge in [0, 0.05) is 13.1 Å². The van der Waals surface area contributed by atoms with E-state index in [1.54, 1.807) is 11.8 Å². The minimum absolute atomic E-state index is 0.0209. The molecule has 1 aromatic carbocycles. The van der Waals surface area contributed by atoms with E-state index in [-0.39, 0.29) is 5.91 Å². The summed E-state index contributed by atoms with van der Waals surface area (Å²) in [6, 6.07) is 7.73. The van der Waals surface area contributed by atoms with Gasteiger partial charge < -0.3 is 15.4 Å². The Bertz CT molecular complexity index is 403. The highest BCUT2D eigenvalue weighted by Crippen LogP contribution is 2.20. The highest BCUT2D eigenvalue weighted by molar-refractivity contribution is 5.80. The van der Waals surface area contributed by atoms with Crippen molar-refractivity contribution in [1.29, 1.82) is 0 Å². The van der Waals surface area contributed by atoms with Crippen molar-refractivity contribution < 1.29 is 9.53 Å². The van der Waals surface area contributed by atoms with Crippen LogP contribution in [0.1, 0.15) is 26.3 Å². The first kappa shape index (κ1) is 15.5. The molecule has 0 bridgehead atoms. The normalized spacial score (nSPS) is 12.0. The molecule has 0 radical (unpaired) electrons. The summed E-state index contributed by atoms with van der Waals surface area (Å²) in [5.41, 5.74) is 6.63. The number of hydrogen-bond donors (Lipinski definition) is 1. The lowest BCUT2D eigenvalue weighted by atomic mass is 10.1. The molecule has 0 aliphatic carbocycles. The maximum Gasteiger partial charge on any atom is 0.263 e. The molecule has 19 heavy (non-hydrogen) atoms. The topological polar surface area (TPSA) is 55.6 Å². The van der Waals surface area contributed by atoms with Gasteiger partial charge in [-0.3, -0.25) is 4.79 Å². The molecule has 2 N–H and O–H groups in total. The number of carbonyl (C=O) groups excluding carboxylic acids is 1. The summed E-state index contributed by atoms with van der Waals surface area (Å²) in [6.07, 6.45) is 0.279. The fraction of sp³-hybridized carbons (Fsp3) is 0.533. The Balaban J connectivity index is 2.76. The quantitative estimate of drug-likeness (QED) is 0.817. The predicted octanol–water partition coefficient (Wildman–Crippen LogP) is 1.82. The number of rotatable bonds is 7. The van der Waals surface area contributed by atoms with Gasteiger partial charge in [-0.1, -0.05) is 18.2 Å². The molecule has 4 heteroatoms. The minimum Gasteiger partial charge on any atom is -0.481 e. The maximum absolute atomic E-state index is 12.2. The summed E-state index contributed by atoms with van der Waals surface area (Å²) in [4.78, 5) is 13.9. The minimum atomic E-state index is -0.473. The van der Waals surface area contributed by atoms with E-state index in [1.165, 1.54) is 0 Å². The zero-order valence-electron chi connectivity index (χ0n) is 12.1. The monoisotopic (exact) mass is 264 g/mol. The van der Waals surface area contributed by atoms with Crippen LogP contribution in [-0.4, -0.2) is 36.5 Å². The second kappa shape index (κ2) is 7.79. The van der Waals surface area contributed by atoms with Crippen LogP contribution >= 0.6 is 0 Å². The van der Waals surface area contributed by atoms with E-state index >= 15 is 0 Å². The Morgan fingerprint density at radius 2 is 1.95 bits per heavy atom. The molecule has 0 aliphatic heterocycles. The Morgan fingerprint density at radius 3 is 2.53 bits per heavy atom. The van der Waals surface area contributed by atoms with Crippen LogP contribution in [0.15, 0.2) is 24.3 Å². The second-order valence-corrected chi connectivity index (χ2v) is 4.42. The molecule has 0 spiro atoms. The number of nitrogens with two attached hydrogens (primary N) is 1. The van der Waals surface area contributed by atoms with Crippen molar-refractivity contribution in [3.05, 3.63) is 29.8 Å². The molecule has 1 aromatic rings. The van der Waals surface area contributed by atoms with Crippen LogP contribution < -0.4 is 10.5 Å². The van der Waals surface area contributed by atoms with E-state index in [0.29, 0.717) is 19.6 Å². The third-order valence-electron chi connectivity index (χ3n) is 3.11. The van der Waals surface area contributed by atoms with Crippen molar-refractivity contribution in [1.82, 2.24) is 4.90 Å². The molecule has 1 rings (SSSR count). The Labute approximate surface area is 115 Å². The lowest BCUT2D eigenvalue weighted by molar-refractivity contribution is -0.137. The van der Waals surface area contributed by atoms with Gasteiger partial charge in [-0.15, -0.1) is 0 Å². The number of ether oxygens (including phenoxy) is 1. The van der Waals surface area contributed by atoms with Crippen molar-refractivity contribution in [3.63, 3.8) is 0 Å². The smallest absolute Gasteiger partial charge is 0.263 e. The average Bonchev–Trinajstić information content (AvgIpc) is 2.42. The fourth-order valence-electron chi connectivity index (χ4n) is 2.01. The number of hydrogen-bond acceptors (Lipinski definition) is 3. The first-order valence-electron chi connectivity index (χ1n) is 6.87. The van der Waals surface area contributed by atoms with Crippen LogP contribution in [0.4, 0.5) is 0 Å². The van der Waals surface area contributed by atoms with Crippen molar-refractivity contribution in [3.8, 4) is 5.75 Å². The van der Waals surface area contributed by atoms with Gasteiger partial charge in [0.1, 0.15) is 5.75 Å². The van der Waals surface area contributed by atoms with E-state index in [2.05, 4.69) is 0 Å². The molecular weight excluding hydrogens is 240 g/mol. The van der Waals surface area contributed by atoms with Crippen LogP contribution in [0, 0.1) is 0 Å². The van der Waals surface area contributed by atoms with Crippen LogP contribution in [0.3, 0.4) is 0 Å².